The van der Waals surface area contributed by atoms with Crippen molar-refractivity contribution >= 4 is 23.1 Å². The quantitative estimate of drug-likeness (QED) is 0.863. The molecule has 0 unspecified atom stereocenters. The highest BCUT2D eigenvalue weighted by Crippen LogP contribution is 2.24. The van der Waals surface area contributed by atoms with Crippen LogP contribution in [0.3, 0.4) is 0 Å². The second-order valence-corrected chi connectivity index (χ2v) is 3.93. The Morgan fingerprint density at radius 3 is 2.62 bits per heavy atom. The topological polar surface area (TPSA) is 37.8 Å². The standard InChI is InChI=1S/C12H12ClN3/c1-8-4-3-5-10(9(8)2)16-12-11(13)14-6-7-15-12/h3-7H,1-2H3,(H,15,16). The first-order chi connectivity index (χ1) is 7.68. The van der Waals surface area contributed by atoms with Gasteiger partial charge in [-0.1, -0.05) is 23.7 Å². The van der Waals surface area contributed by atoms with Gasteiger partial charge in [-0.05, 0) is 31.0 Å². The fraction of sp³-hybridized carbons (Fsp3) is 0.167. The van der Waals surface area contributed by atoms with E-state index in [9.17, 15) is 0 Å². The molecule has 82 valence electrons. The Kier molecular flexibility index (Phi) is 3.06. The Morgan fingerprint density at radius 2 is 1.88 bits per heavy atom. The summed E-state index contributed by atoms with van der Waals surface area (Å²) in [5, 5.41) is 3.55. The molecule has 0 spiro atoms. The number of halogens is 1. The van der Waals surface area contributed by atoms with Crippen LogP contribution >= 0.6 is 11.6 Å². The normalized spacial score (nSPS) is 10.2. The zero-order valence-electron chi connectivity index (χ0n) is 9.16. The van der Waals surface area contributed by atoms with Crippen molar-refractivity contribution in [1.82, 2.24) is 9.97 Å². The summed E-state index contributed by atoms with van der Waals surface area (Å²) < 4.78 is 0. The summed E-state index contributed by atoms with van der Waals surface area (Å²) in [6.07, 6.45) is 3.18. The van der Waals surface area contributed by atoms with Gasteiger partial charge in [0.2, 0.25) is 0 Å². The molecule has 0 fully saturated rings. The van der Waals surface area contributed by atoms with Gasteiger partial charge in [0.05, 0.1) is 0 Å². The lowest BCUT2D eigenvalue weighted by atomic mass is 10.1. The van der Waals surface area contributed by atoms with Crippen LogP contribution in [0.25, 0.3) is 0 Å². The maximum Gasteiger partial charge on any atom is 0.171 e. The first kappa shape index (κ1) is 10.9. The third-order valence-corrected chi connectivity index (χ3v) is 2.79. The van der Waals surface area contributed by atoms with Crippen LogP contribution in [-0.2, 0) is 0 Å². The zero-order chi connectivity index (χ0) is 11.5. The molecule has 0 atom stereocenters. The van der Waals surface area contributed by atoms with Crippen molar-refractivity contribution in [3.63, 3.8) is 0 Å². The predicted molar refractivity (Wildman–Crippen MR) is 66.2 cm³/mol. The Bertz CT molecular complexity index is 511. The van der Waals surface area contributed by atoms with E-state index in [2.05, 4.69) is 35.2 Å². The zero-order valence-corrected chi connectivity index (χ0v) is 9.92. The number of hydrogen-bond donors (Lipinski definition) is 1. The van der Waals surface area contributed by atoms with Gasteiger partial charge >= 0.3 is 0 Å². The molecule has 0 radical (unpaired) electrons. The van der Waals surface area contributed by atoms with E-state index in [1.54, 1.807) is 12.4 Å². The minimum atomic E-state index is 0.378. The van der Waals surface area contributed by atoms with Crippen LogP contribution in [0.2, 0.25) is 5.15 Å². The maximum atomic E-state index is 5.93. The molecule has 1 heterocycles. The number of rotatable bonds is 2. The van der Waals surface area contributed by atoms with E-state index in [4.69, 9.17) is 11.6 Å². The molecule has 0 bridgehead atoms. The lowest BCUT2D eigenvalue weighted by Crippen LogP contribution is -1.98. The highest BCUT2D eigenvalue weighted by atomic mass is 35.5. The van der Waals surface area contributed by atoms with E-state index >= 15 is 0 Å². The molecule has 1 N–H and O–H groups in total. The molecule has 4 heteroatoms. The van der Waals surface area contributed by atoms with E-state index in [1.165, 1.54) is 11.1 Å². The van der Waals surface area contributed by atoms with Crippen molar-refractivity contribution in [2.45, 2.75) is 13.8 Å². The summed E-state index contributed by atoms with van der Waals surface area (Å²) in [5.74, 6) is 0.581. The first-order valence-corrected chi connectivity index (χ1v) is 5.36. The van der Waals surface area contributed by atoms with Crippen molar-refractivity contribution in [3.05, 3.63) is 46.9 Å². The number of nitrogens with zero attached hydrogens (tertiary/aromatic N) is 2. The minimum Gasteiger partial charge on any atom is -0.337 e. The van der Waals surface area contributed by atoms with Crippen LogP contribution in [0.1, 0.15) is 11.1 Å². The maximum absolute atomic E-state index is 5.93. The van der Waals surface area contributed by atoms with Gasteiger partial charge < -0.3 is 5.32 Å². The van der Waals surface area contributed by atoms with Crippen LogP contribution in [-0.4, -0.2) is 9.97 Å². The Labute approximate surface area is 99.5 Å². The van der Waals surface area contributed by atoms with Crippen LogP contribution in [0.15, 0.2) is 30.6 Å². The van der Waals surface area contributed by atoms with Gasteiger partial charge in [0.15, 0.2) is 11.0 Å². The van der Waals surface area contributed by atoms with E-state index in [-0.39, 0.29) is 0 Å². The van der Waals surface area contributed by atoms with Gasteiger partial charge in [0.25, 0.3) is 0 Å². The molecule has 3 nitrogen and oxygen atoms in total. The molecule has 0 saturated carbocycles. The fourth-order valence-corrected chi connectivity index (χ4v) is 1.57. The van der Waals surface area contributed by atoms with Crippen molar-refractivity contribution < 1.29 is 0 Å². The second kappa shape index (κ2) is 4.49. The summed E-state index contributed by atoms with van der Waals surface area (Å²) in [5.41, 5.74) is 3.41. The first-order valence-electron chi connectivity index (χ1n) is 4.98. The molecule has 0 amide bonds. The molecule has 0 aliphatic rings. The Balaban J connectivity index is 2.35. The third kappa shape index (κ3) is 2.14. The van der Waals surface area contributed by atoms with Gasteiger partial charge in [-0.25, -0.2) is 9.97 Å². The van der Waals surface area contributed by atoms with Gasteiger partial charge in [-0.2, -0.15) is 0 Å². The number of aryl methyl sites for hydroxylation is 1. The van der Waals surface area contributed by atoms with Crippen LogP contribution in [0.4, 0.5) is 11.5 Å². The molecule has 0 aliphatic heterocycles. The number of benzene rings is 1. The fourth-order valence-electron chi connectivity index (χ4n) is 1.42. The van der Waals surface area contributed by atoms with Gasteiger partial charge in [0, 0.05) is 18.1 Å². The minimum absolute atomic E-state index is 0.378. The number of anilines is 2. The predicted octanol–water partition coefficient (Wildman–Crippen LogP) is 3.49. The molecule has 16 heavy (non-hydrogen) atoms. The van der Waals surface area contributed by atoms with E-state index in [0.717, 1.165) is 5.69 Å². The van der Waals surface area contributed by atoms with Crippen LogP contribution in [0.5, 0.6) is 0 Å². The lowest BCUT2D eigenvalue weighted by molar-refractivity contribution is 1.19. The summed E-state index contributed by atoms with van der Waals surface area (Å²) in [4.78, 5) is 8.11. The van der Waals surface area contributed by atoms with Crippen molar-refractivity contribution in [2.75, 3.05) is 5.32 Å². The van der Waals surface area contributed by atoms with Crippen LogP contribution < -0.4 is 5.32 Å². The number of nitrogens with one attached hydrogen (secondary N) is 1. The average Bonchev–Trinajstić information content (AvgIpc) is 2.28. The number of hydrogen-bond acceptors (Lipinski definition) is 3. The molecule has 1 aromatic carbocycles. The average molecular weight is 234 g/mol. The van der Waals surface area contributed by atoms with Crippen molar-refractivity contribution in [1.29, 1.82) is 0 Å². The third-order valence-electron chi connectivity index (χ3n) is 2.51. The molecule has 0 saturated heterocycles. The highest BCUT2D eigenvalue weighted by Gasteiger charge is 2.05. The molecule has 0 aliphatic carbocycles. The summed E-state index contributed by atoms with van der Waals surface area (Å²) in [7, 11) is 0. The summed E-state index contributed by atoms with van der Waals surface area (Å²) in [6.45, 7) is 4.13. The molecule has 1 aromatic heterocycles. The second-order valence-electron chi connectivity index (χ2n) is 3.57. The van der Waals surface area contributed by atoms with Gasteiger partial charge in [0.1, 0.15) is 0 Å². The lowest BCUT2D eigenvalue weighted by Gasteiger charge is -2.10. The Morgan fingerprint density at radius 1 is 1.12 bits per heavy atom. The molecule has 2 aromatic rings. The largest absolute Gasteiger partial charge is 0.337 e. The van der Waals surface area contributed by atoms with E-state index in [1.807, 2.05) is 12.1 Å². The molecular formula is C12H12ClN3. The van der Waals surface area contributed by atoms with E-state index < -0.39 is 0 Å². The molecular weight excluding hydrogens is 222 g/mol. The van der Waals surface area contributed by atoms with Gasteiger partial charge in [-0.15, -0.1) is 0 Å². The summed E-state index contributed by atoms with van der Waals surface area (Å²) >= 11 is 5.93. The smallest absolute Gasteiger partial charge is 0.171 e. The number of aromatic nitrogens is 2. The monoisotopic (exact) mass is 233 g/mol. The van der Waals surface area contributed by atoms with Crippen molar-refractivity contribution in [2.24, 2.45) is 0 Å². The summed E-state index contributed by atoms with van der Waals surface area (Å²) in [6, 6.07) is 6.06. The SMILES string of the molecule is Cc1cccc(Nc2nccnc2Cl)c1C. The van der Waals surface area contributed by atoms with Crippen LogP contribution in [0, 0.1) is 13.8 Å². The molecule has 2 rings (SSSR count). The van der Waals surface area contributed by atoms with Crippen molar-refractivity contribution in [3.8, 4) is 0 Å². The Hall–Kier alpha value is -1.61. The van der Waals surface area contributed by atoms with Gasteiger partial charge in [-0.3, -0.25) is 0 Å². The highest BCUT2D eigenvalue weighted by molar-refractivity contribution is 6.31. The van der Waals surface area contributed by atoms with E-state index in [0.29, 0.717) is 11.0 Å².